The summed E-state index contributed by atoms with van der Waals surface area (Å²) < 4.78 is 5.09. The SMILES string of the molecule is COc1ccc(CC(=O)NC2(C#N)CCCCC2)cc1. The Balaban J connectivity index is 1.95. The van der Waals surface area contributed by atoms with Crippen molar-refractivity contribution in [2.45, 2.75) is 44.1 Å². The van der Waals surface area contributed by atoms with Gasteiger partial charge in [-0.1, -0.05) is 31.4 Å². The number of rotatable bonds is 4. The summed E-state index contributed by atoms with van der Waals surface area (Å²) in [5, 5.41) is 12.3. The van der Waals surface area contributed by atoms with Crippen molar-refractivity contribution in [3.05, 3.63) is 29.8 Å². The Labute approximate surface area is 119 Å². The fraction of sp³-hybridized carbons (Fsp3) is 0.500. The molecule has 0 saturated heterocycles. The van der Waals surface area contributed by atoms with E-state index in [1.807, 2.05) is 24.3 Å². The molecular formula is C16H20N2O2. The standard InChI is InChI=1S/C16H20N2O2/c1-20-14-7-5-13(6-8-14)11-15(19)18-16(12-17)9-3-2-4-10-16/h5-8H,2-4,9-11H2,1H3,(H,18,19). The zero-order valence-corrected chi connectivity index (χ0v) is 11.8. The Morgan fingerprint density at radius 1 is 1.30 bits per heavy atom. The van der Waals surface area contributed by atoms with Crippen LogP contribution in [0.25, 0.3) is 0 Å². The molecule has 0 spiro atoms. The molecule has 0 atom stereocenters. The Bertz CT molecular complexity index is 496. The smallest absolute Gasteiger partial charge is 0.225 e. The molecule has 4 heteroatoms. The molecule has 1 amide bonds. The molecule has 0 aliphatic heterocycles. The van der Waals surface area contributed by atoms with Crippen molar-refractivity contribution >= 4 is 5.91 Å². The Morgan fingerprint density at radius 3 is 2.50 bits per heavy atom. The number of benzene rings is 1. The predicted octanol–water partition coefficient (Wildman–Crippen LogP) is 2.58. The number of nitriles is 1. The molecule has 1 N–H and O–H groups in total. The van der Waals surface area contributed by atoms with Crippen LogP contribution < -0.4 is 10.1 Å². The van der Waals surface area contributed by atoms with Gasteiger partial charge in [0.1, 0.15) is 11.3 Å². The van der Waals surface area contributed by atoms with E-state index >= 15 is 0 Å². The average molecular weight is 272 g/mol. The number of ether oxygens (including phenoxy) is 1. The van der Waals surface area contributed by atoms with Crippen molar-refractivity contribution in [1.82, 2.24) is 5.32 Å². The van der Waals surface area contributed by atoms with Crippen molar-refractivity contribution in [2.24, 2.45) is 0 Å². The first kappa shape index (κ1) is 14.4. The lowest BCUT2D eigenvalue weighted by Gasteiger charge is -2.31. The molecule has 0 unspecified atom stereocenters. The molecule has 0 bridgehead atoms. The van der Waals surface area contributed by atoms with Crippen LogP contribution in [0.2, 0.25) is 0 Å². The molecule has 1 aliphatic carbocycles. The lowest BCUT2D eigenvalue weighted by atomic mass is 9.82. The molecule has 0 radical (unpaired) electrons. The second-order valence-electron chi connectivity index (χ2n) is 5.33. The van der Waals surface area contributed by atoms with Gasteiger partial charge in [0.25, 0.3) is 0 Å². The molecule has 1 aliphatic rings. The van der Waals surface area contributed by atoms with Gasteiger partial charge >= 0.3 is 0 Å². The van der Waals surface area contributed by atoms with E-state index in [4.69, 9.17) is 4.74 Å². The summed E-state index contributed by atoms with van der Waals surface area (Å²) in [6, 6.07) is 9.72. The Kier molecular flexibility index (Phi) is 4.62. The third-order valence-electron chi connectivity index (χ3n) is 3.82. The summed E-state index contributed by atoms with van der Waals surface area (Å²) in [7, 11) is 1.61. The van der Waals surface area contributed by atoms with Gasteiger partial charge in [0.2, 0.25) is 5.91 Å². The minimum absolute atomic E-state index is 0.0846. The van der Waals surface area contributed by atoms with Gasteiger partial charge < -0.3 is 10.1 Å². The summed E-state index contributed by atoms with van der Waals surface area (Å²) >= 11 is 0. The van der Waals surface area contributed by atoms with Crippen LogP contribution >= 0.6 is 0 Å². The van der Waals surface area contributed by atoms with Gasteiger partial charge in [-0.3, -0.25) is 4.79 Å². The number of nitrogens with one attached hydrogen (secondary N) is 1. The summed E-state index contributed by atoms with van der Waals surface area (Å²) in [4.78, 5) is 12.1. The Hall–Kier alpha value is -2.02. The number of methoxy groups -OCH3 is 1. The third kappa shape index (κ3) is 3.51. The maximum Gasteiger partial charge on any atom is 0.225 e. The minimum atomic E-state index is -0.651. The fourth-order valence-electron chi connectivity index (χ4n) is 2.66. The molecule has 2 rings (SSSR count). The van der Waals surface area contributed by atoms with Crippen molar-refractivity contribution in [3.63, 3.8) is 0 Å². The van der Waals surface area contributed by atoms with Crippen LogP contribution in [-0.4, -0.2) is 18.6 Å². The molecule has 1 aromatic carbocycles. The van der Waals surface area contributed by atoms with E-state index in [-0.39, 0.29) is 5.91 Å². The van der Waals surface area contributed by atoms with Gasteiger partial charge in [-0.05, 0) is 30.5 Å². The van der Waals surface area contributed by atoms with Crippen LogP contribution in [0, 0.1) is 11.3 Å². The highest BCUT2D eigenvalue weighted by Gasteiger charge is 2.33. The number of carbonyl (C=O) groups is 1. The van der Waals surface area contributed by atoms with Crippen molar-refractivity contribution in [3.8, 4) is 11.8 Å². The normalized spacial score (nSPS) is 17.0. The van der Waals surface area contributed by atoms with Crippen molar-refractivity contribution in [2.75, 3.05) is 7.11 Å². The maximum absolute atomic E-state index is 12.1. The highest BCUT2D eigenvalue weighted by Crippen LogP contribution is 2.27. The monoisotopic (exact) mass is 272 g/mol. The van der Waals surface area contributed by atoms with Crippen LogP contribution in [-0.2, 0) is 11.2 Å². The molecule has 20 heavy (non-hydrogen) atoms. The van der Waals surface area contributed by atoms with Gasteiger partial charge in [0.15, 0.2) is 0 Å². The van der Waals surface area contributed by atoms with Gasteiger partial charge in [-0.15, -0.1) is 0 Å². The van der Waals surface area contributed by atoms with Crippen LogP contribution in [0.5, 0.6) is 5.75 Å². The first-order chi connectivity index (χ1) is 9.67. The quantitative estimate of drug-likeness (QED) is 0.916. The minimum Gasteiger partial charge on any atom is -0.497 e. The molecule has 0 aromatic heterocycles. The highest BCUT2D eigenvalue weighted by atomic mass is 16.5. The lowest BCUT2D eigenvalue weighted by Crippen LogP contribution is -2.49. The maximum atomic E-state index is 12.1. The number of hydrogen-bond acceptors (Lipinski definition) is 3. The molecule has 106 valence electrons. The van der Waals surface area contributed by atoms with Crippen molar-refractivity contribution in [1.29, 1.82) is 5.26 Å². The van der Waals surface area contributed by atoms with Crippen LogP contribution in [0.15, 0.2) is 24.3 Å². The van der Waals surface area contributed by atoms with Crippen LogP contribution in [0.3, 0.4) is 0 Å². The molecule has 0 heterocycles. The van der Waals surface area contributed by atoms with E-state index in [1.54, 1.807) is 7.11 Å². The van der Waals surface area contributed by atoms with E-state index in [0.29, 0.717) is 6.42 Å². The molecule has 1 saturated carbocycles. The lowest BCUT2D eigenvalue weighted by molar-refractivity contribution is -0.122. The average Bonchev–Trinajstić information content (AvgIpc) is 2.49. The summed E-state index contributed by atoms with van der Waals surface area (Å²) in [5.41, 5.74) is 0.272. The number of amides is 1. The molecule has 4 nitrogen and oxygen atoms in total. The topological polar surface area (TPSA) is 62.1 Å². The van der Waals surface area contributed by atoms with E-state index in [2.05, 4.69) is 11.4 Å². The zero-order chi connectivity index (χ0) is 14.4. The van der Waals surface area contributed by atoms with Gasteiger partial charge in [0, 0.05) is 0 Å². The van der Waals surface area contributed by atoms with Crippen LogP contribution in [0.1, 0.15) is 37.7 Å². The molecule has 1 fully saturated rings. The van der Waals surface area contributed by atoms with Gasteiger partial charge in [-0.25, -0.2) is 0 Å². The first-order valence-electron chi connectivity index (χ1n) is 7.03. The summed E-state index contributed by atoms with van der Waals surface area (Å²) in [6.45, 7) is 0. The number of nitrogens with zero attached hydrogens (tertiary/aromatic N) is 1. The highest BCUT2D eigenvalue weighted by molar-refractivity contribution is 5.79. The summed E-state index contributed by atoms with van der Waals surface area (Å²) in [5.74, 6) is 0.688. The molecule has 1 aromatic rings. The first-order valence-corrected chi connectivity index (χ1v) is 7.03. The van der Waals surface area contributed by atoms with Gasteiger partial charge in [-0.2, -0.15) is 5.26 Å². The predicted molar refractivity (Wildman–Crippen MR) is 76.3 cm³/mol. The largest absolute Gasteiger partial charge is 0.497 e. The van der Waals surface area contributed by atoms with Crippen LogP contribution in [0.4, 0.5) is 0 Å². The van der Waals surface area contributed by atoms with E-state index in [1.165, 1.54) is 0 Å². The van der Waals surface area contributed by atoms with Crippen molar-refractivity contribution < 1.29 is 9.53 Å². The van der Waals surface area contributed by atoms with E-state index in [0.717, 1.165) is 43.4 Å². The molecular weight excluding hydrogens is 252 g/mol. The third-order valence-corrected chi connectivity index (χ3v) is 3.82. The van der Waals surface area contributed by atoms with E-state index < -0.39 is 5.54 Å². The number of hydrogen-bond donors (Lipinski definition) is 1. The fourth-order valence-corrected chi connectivity index (χ4v) is 2.66. The zero-order valence-electron chi connectivity index (χ0n) is 11.8. The van der Waals surface area contributed by atoms with E-state index in [9.17, 15) is 10.1 Å². The second-order valence-corrected chi connectivity index (χ2v) is 5.33. The van der Waals surface area contributed by atoms with Gasteiger partial charge in [0.05, 0.1) is 19.6 Å². The second kappa shape index (κ2) is 6.42. The Morgan fingerprint density at radius 2 is 1.95 bits per heavy atom. The number of carbonyl (C=O) groups excluding carboxylic acids is 1. The summed E-state index contributed by atoms with van der Waals surface area (Å²) in [6.07, 6.45) is 4.99.